The van der Waals surface area contributed by atoms with Crippen molar-refractivity contribution in [1.82, 2.24) is 0 Å². The van der Waals surface area contributed by atoms with Crippen molar-refractivity contribution in [3.8, 4) is 11.5 Å². The molecule has 2 aromatic carbocycles. The topological polar surface area (TPSA) is 35.5 Å². The average molecular weight is 543 g/mol. The molecule has 0 spiro atoms. The molecule has 0 heterocycles. The first-order valence-electron chi connectivity index (χ1n) is 15.4. The van der Waals surface area contributed by atoms with Gasteiger partial charge in [0.25, 0.3) is 0 Å². The predicted octanol–water partition coefficient (Wildman–Crippen LogP) is 10.2. The molecule has 2 aromatic rings. The number of hydrogen-bond acceptors (Lipinski definition) is 3. The first-order valence-corrected chi connectivity index (χ1v) is 15.4. The third-order valence-electron chi connectivity index (χ3n) is 8.16. The molecular weight excluding hydrogens is 494 g/mol. The molecule has 0 aromatic heterocycles. The second-order valence-electron chi connectivity index (χ2n) is 11.3. The summed E-state index contributed by atoms with van der Waals surface area (Å²) in [6.45, 7) is 4.79. The smallest absolute Gasteiger partial charge is 0.346 e. The minimum absolute atomic E-state index is 0.171. The van der Waals surface area contributed by atoms with Crippen LogP contribution in [0.15, 0.2) is 36.4 Å². The number of hydrogen-bond donors (Lipinski definition) is 0. The highest BCUT2D eigenvalue weighted by Crippen LogP contribution is 2.34. The van der Waals surface area contributed by atoms with Crippen molar-refractivity contribution in [2.24, 2.45) is 11.8 Å². The van der Waals surface area contributed by atoms with E-state index in [9.17, 15) is 13.6 Å². The van der Waals surface area contributed by atoms with Gasteiger partial charge in [0.15, 0.2) is 11.6 Å². The van der Waals surface area contributed by atoms with Crippen molar-refractivity contribution >= 4 is 5.97 Å². The number of carbonyl (C=O) groups excluding carboxylic acids is 1. The van der Waals surface area contributed by atoms with E-state index in [2.05, 4.69) is 13.8 Å². The van der Waals surface area contributed by atoms with E-state index in [1.54, 1.807) is 12.1 Å². The summed E-state index contributed by atoms with van der Waals surface area (Å²) in [7, 11) is 0. The van der Waals surface area contributed by atoms with Crippen LogP contribution in [-0.2, 0) is 6.42 Å². The van der Waals surface area contributed by atoms with Crippen molar-refractivity contribution < 1.29 is 23.0 Å². The van der Waals surface area contributed by atoms with E-state index in [1.807, 2.05) is 12.1 Å². The van der Waals surface area contributed by atoms with Crippen LogP contribution < -0.4 is 9.47 Å². The second kappa shape index (κ2) is 17.3. The van der Waals surface area contributed by atoms with E-state index in [0.29, 0.717) is 12.4 Å². The summed E-state index contributed by atoms with van der Waals surface area (Å²) in [5.41, 5.74) is 0.760. The second-order valence-corrected chi connectivity index (χ2v) is 11.3. The quantitative estimate of drug-likeness (QED) is 0.113. The Bertz CT molecular complexity index is 981. The van der Waals surface area contributed by atoms with Crippen molar-refractivity contribution in [2.75, 3.05) is 6.61 Å². The Morgan fingerprint density at radius 3 is 2.00 bits per heavy atom. The molecule has 0 unspecified atom stereocenters. The van der Waals surface area contributed by atoms with Gasteiger partial charge in [0.2, 0.25) is 5.82 Å². The maximum absolute atomic E-state index is 14.6. The molecule has 0 saturated heterocycles. The van der Waals surface area contributed by atoms with E-state index in [0.717, 1.165) is 37.5 Å². The van der Waals surface area contributed by atoms with Gasteiger partial charge in [-0.15, -0.1) is 0 Å². The lowest BCUT2D eigenvalue weighted by atomic mass is 9.78. The summed E-state index contributed by atoms with van der Waals surface area (Å²) in [5.74, 6) is -1.45. The van der Waals surface area contributed by atoms with E-state index < -0.39 is 23.2 Å². The molecule has 0 aliphatic heterocycles. The fraction of sp³-hybridized carbons (Fsp3) is 0.618. The van der Waals surface area contributed by atoms with Crippen molar-refractivity contribution in [3.63, 3.8) is 0 Å². The maximum atomic E-state index is 14.6. The monoisotopic (exact) mass is 542 g/mol. The van der Waals surface area contributed by atoms with Crippen LogP contribution in [-0.4, -0.2) is 12.6 Å². The number of aryl methyl sites for hydroxylation is 1. The van der Waals surface area contributed by atoms with Crippen molar-refractivity contribution in [3.05, 3.63) is 59.2 Å². The molecule has 3 nitrogen and oxygen atoms in total. The Morgan fingerprint density at radius 2 is 1.36 bits per heavy atom. The number of halogens is 2. The predicted molar refractivity (Wildman–Crippen MR) is 155 cm³/mol. The first-order chi connectivity index (χ1) is 19.0. The van der Waals surface area contributed by atoms with Gasteiger partial charge in [-0.1, -0.05) is 109 Å². The summed E-state index contributed by atoms with van der Waals surface area (Å²) in [4.78, 5) is 12.5. The van der Waals surface area contributed by atoms with Crippen molar-refractivity contribution in [1.29, 1.82) is 0 Å². The summed E-state index contributed by atoms with van der Waals surface area (Å²) in [6, 6.07) is 9.88. The summed E-state index contributed by atoms with van der Waals surface area (Å²) in [6.07, 6.45) is 19.3. The zero-order valence-electron chi connectivity index (χ0n) is 24.1. The molecule has 5 heteroatoms. The van der Waals surface area contributed by atoms with E-state index in [-0.39, 0.29) is 5.75 Å². The molecule has 0 radical (unpaired) electrons. The van der Waals surface area contributed by atoms with Crippen LogP contribution in [0.2, 0.25) is 0 Å². The lowest BCUT2D eigenvalue weighted by molar-refractivity contribution is 0.0728. The van der Waals surface area contributed by atoms with E-state index >= 15 is 0 Å². The average Bonchev–Trinajstić information content (AvgIpc) is 2.95. The van der Waals surface area contributed by atoms with Crippen LogP contribution in [0, 0.1) is 23.5 Å². The lowest BCUT2D eigenvalue weighted by Crippen LogP contribution is -2.15. The molecule has 0 atom stereocenters. The first kappa shape index (κ1) is 31.1. The highest BCUT2D eigenvalue weighted by molar-refractivity contribution is 5.91. The molecule has 1 aliphatic carbocycles. The lowest BCUT2D eigenvalue weighted by Gasteiger charge is -2.28. The van der Waals surface area contributed by atoms with Gasteiger partial charge < -0.3 is 9.47 Å². The van der Waals surface area contributed by atoms with Crippen LogP contribution in [0.3, 0.4) is 0 Å². The van der Waals surface area contributed by atoms with Gasteiger partial charge >= 0.3 is 5.97 Å². The molecule has 3 rings (SSSR count). The fourth-order valence-electron chi connectivity index (χ4n) is 5.69. The largest absolute Gasteiger partial charge is 0.490 e. The van der Waals surface area contributed by atoms with Crippen LogP contribution in [0.1, 0.15) is 126 Å². The highest BCUT2D eigenvalue weighted by atomic mass is 19.2. The summed E-state index contributed by atoms with van der Waals surface area (Å²) in [5, 5.41) is 0. The Labute approximate surface area is 234 Å². The van der Waals surface area contributed by atoms with Gasteiger partial charge in [0, 0.05) is 0 Å². The SMILES string of the molecule is CCCCCCCCCCOc1ccc(C(=O)Oc2ccc(CC[C@H]3CC[C@H](CCC)CC3)cc2)c(F)c1F. The van der Waals surface area contributed by atoms with Crippen LogP contribution >= 0.6 is 0 Å². The number of rotatable bonds is 17. The number of ether oxygens (including phenoxy) is 2. The third kappa shape index (κ3) is 10.6. The molecule has 0 bridgehead atoms. The third-order valence-corrected chi connectivity index (χ3v) is 8.16. The van der Waals surface area contributed by atoms with Gasteiger partial charge in [0.05, 0.1) is 12.2 Å². The molecule has 1 saturated carbocycles. The summed E-state index contributed by atoms with van der Waals surface area (Å²) < 4.78 is 40.0. The fourth-order valence-corrected chi connectivity index (χ4v) is 5.69. The molecule has 1 fully saturated rings. The number of esters is 1. The zero-order chi connectivity index (χ0) is 27.9. The Kier molecular flexibility index (Phi) is 13.8. The Balaban J connectivity index is 1.40. The molecule has 216 valence electrons. The van der Waals surface area contributed by atoms with Gasteiger partial charge in [-0.05, 0) is 60.9 Å². The minimum atomic E-state index is -1.24. The van der Waals surface area contributed by atoms with Crippen LogP contribution in [0.25, 0.3) is 0 Å². The number of carbonyl (C=O) groups is 1. The van der Waals surface area contributed by atoms with Crippen molar-refractivity contribution in [2.45, 2.75) is 117 Å². The maximum Gasteiger partial charge on any atom is 0.346 e. The molecular formula is C34H48F2O3. The highest BCUT2D eigenvalue weighted by Gasteiger charge is 2.22. The van der Waals surface area contributed by atoms with Gasteiger partial charge in [-0.2, -0.15) is 4.39 Å². The standard InChI is InChI=1S/C34H48F2O3/c1-3-5-6-7-8-9-10-11-25-38-31-24-23-30(32(35)33(31)36)34(37)39-29-21-19-28(20-22-29)18-17-27-15-13-26(12-4-2)14-16-27/h19-24,26-27H,3-18,25H2,1-2H3/t26-,27-. The van der Waals surface area contributed by atoms with Crippen LogP contribution in [0.4, 0.5) is 8.78 Å². The van der Waals surface area contributed by atoms with E-state index in [1.165, 1.54) is 94.7 Å². The Morgan fingerprint density at radius 1 is 0.744 bits per heavy atom. The number of benzene rings is 2. The van der Waals surface area contributed by atoms with Crippen LogP contribution in [0.5, 0.6) is 11.5 Å². The molecule has 1 aliphatic rings. The summed E-state index contributed by atoms with van der Waals surface area (Å²) >= 11 is 0. The van der Waals surface area contributed by atoms with E-state index in [4.69, 9.17) is 9.47 Å². The normalized spacial score (nSPS) is 17.2. The molecule has 39 heavy (non-hydrogen) atoms. The van der Waals surface area contributed by atoms with Gasteiger partial charge in [0.1, 0.15) is 5.75 Å². The van der Waals surface area contributed by atoms with Gasteiger partial charge in [-0.3, -0.25) is 0 Å². The zero-order valence-corrected chi connectivity index (χ0v) is 24.1. The minimum Gasteiger partial charge on any atom is -0.490 e. The molecule has 0 N–H and O–H groups in total. The Hall–Kier alpha value is -2.43. The number of unbranched alkanes of at least 4 members (excludes halogenated alkanes) is 7. The van der Waals surface area contributed by atoms with Gasteiger partial charge in [-0.25, -0.2) is 9.18 Å². The molecule has 0 amide bonds.